The highest BCUT2D eigenvalue weighted by molar-refractivity contribution is 5.74. The van der Waals surface area contributed by atoms with E-state index in [4.69, 9.17) is 15.6 Å². The molecule has 1 aromatic carbocycles. The Morgan fingerprint density at radius 3 is 2.57 bits per heavy atom. The summed E-state index contributed by atoms with van der Waals surface area (Å²) in [6.07, 6.45) is 0.464. The molecule has 1 aromatic heterocycles. The largest absolute Gasteiger partial charge is 0.490 e. The first-order chi connectivity index (χ1) is 10.8. The number of benzene rings is 1. The Morgan fingerprint density at radius 2 is 2.00 bits per heavy atom. The van der Waals surface area contributed by atoms with Crippen molar-refractivity contribution in [2.24, 2.45) is 11.7 Å². The highest BCUT2D eigenvalue weighted by Crippen LogP contribution is 2.26. The van der Waals surface area contributed by atoms with Crippen LogP contribution in [0.3, 0.4) is 0 Å². The summed E-state index contributed by atoms with van der Waals surface area (Å²) in [6, 6.07) is 8.72. The van der Waals surface area contributed by atoms with Crippen molar-refractivity contribution in [3.8, 4) is 0 Å². The number of aliphatic carboxylic acids is 1. The monoisotopic (exact) mass is 329 g/mol. The third-order valence-electron chi connectivity index (χ3n) is 3.81. The molecule has 0 aliphatic heterocycles. The predicted octanol–water partition coefficient (Wildman–Crippen LogP) is 2.80. The molecule has 23 heavy (non-hydrogen) atoms. The number of aromatic nitrogens is 2. The average molecular weight is 329 g/mol. The molecular weight excluding hydrogens is 311 g/mol. The van der Waals surface area contributed by atoms with E-state index < -0.39 is 12.1 Å². The Bertz CT molecular complexity index is 669. The van der Waals surface area contributed by atoms with Gasteiger partial charge in [-0.05, 0) is 37.3 Å². The molecule has 0 unspecified atom stereocenters. The highest BCUT2D eigenvalue weighted by atomic mass is 19.4. The smallest absolute Gasteiger partial charge is 0.475 e. The number of imidazole rings is 1. The van der Waals surface area contributed by atoms with E-state index in [2.05, 4.69) is 27.8 Å². The zero-order chi connectivity index (χ0) is 17.0. The second-order valence-corrected chi connectivity index (χ2v) is 5.63. The van der Waals surface area contributed by atoms with Crippen LogP contribution in [0.15, 0.2) is 30.6 Å². The van der Waals surface area contributed by atoms with Crippen molar-refractivity contribution in [3.05, 3.63) is 30.6 Å². The van der Waals surface area contributed by atoms with Crippen molar-refractivity contribution in [2.75, 3.05) is 0 Å². The number of nitrogens with zero attached hydrogens (tertiary/aromatic N) is 2. The van der Waals surface area contributed by atoms with Crippen LogP contribution in [0.4, 0.5) is 13.2 Å². The summed E-state index contributed by atoms with van der Waals surface area (Å²) in [5.74, 6) is -2.03. The van der Waals surface area contributed by atoms with Gasteiger partial charge in [0.15, 0.2) is 0 Å². The molecule has 1 fully saturated rings. The first-order valence-corrected chi connectivity index (χ1v) is 7.23. The molecular formula is C15H18F3N3O2. The molecule has 0 spiro atoms. The number of hydrogen-bond acceptors (Lipinski definition) is 3. The van der Waals surface area contributed by atoms with Gasteiger partial charge in [-0.3, -0.25) is 0 Å². The van der Waals surface area contributed by atoms with Gasteiger partial charge < -0.3 is 15.4 Å². The second kappa shape index (κ2) is 6.99. The summed E-state index contributed by atoms with van der Waals surface area (Å²) in [6.45, 7) is 1.06. The van der Waals surface area contributed by atoms with Gasteiger partial charge in [0, 0.05) is 12.6 Å². The molecule has 0 amide bonds. The van der Waals surface area contributed by atoms with Crippen LogP contribution in [0.2, 0.25) is 0 Å². The third kappa shape index (κ3) is 4.69. The second-order valence-electron chi connectivity index (χ2n) is 5.63. The lowest BCUT2D eigenvalue weighted by atomic mass is 10.1. The fourth-order valence-electron chi connectivity index (χ4n) is 2.71. The van der Waals surface area contributed by atoms with Crippen LogP contribution < -0.4 is 5.73 Å². The Hall–Kier alpha value is -2.09. The molecule has 126 valence electrons. The normalized spacial score (nSPS) is 21.0. The van der Waals surface area contributed by atoms with Crippen molar-refractivity contribution in [1.82, 2.24) is 9.55 Å². The number of carboxylic acid groups (broad SMARTS) is 1. The lowest BCUT2D eigenvalue weighted by Crippen LogP contribution is -2.21. The first kappa shape index (κ1) is 17.3. The maximum atomic E-state index is 10.6. The molecule has 5 nitrogen and oxygen atoms in total. The predicted molar refractivity (Wildman–Crippen MR) is 78.7 cm³/mol. The molecule has 0 saturated heterocycles. The standard InChI is InChI=1S/C13H17N3.C2HF3O2/c14-11-6-5-10(7-11)8-16-9-15-12-3-1-2-4-13(12)16;3-2(4,5)1(6)7/h1-4,9-11H,5-8,14H2;(H,6,7)/t10-,11+;/m0./s1. The van der Waals surface area contributed by atoms with Crippen molar-refractivity contribution in [1.29, 1.82) is 0 Å². The number of rotatable bonds is 2. The molecule has 1 saturated carbocycles. The summed E-state index contributed by atoms with van der Waals surface area (Å²) < 4.78 is 34.0. The molecule has 8 heteroatoms. The summed E-state index contributed by atoms with van der Waals surface area (Å²) in [5.41, 5.74) is 8.27. The van der Waals surface area contributed by atoms with E-state index in [9.17, 15) is 13.2 Å². The Morgan fingerprint density at radius 1 is 1.35 bits per heavy atom. The summed E-state index contributed by atoms with van der Waals surface area (Å²) >= 11 is 0. The maximum Gasteiger partial charge on any atom is 0.490 e. The van der Waals surface area contributed by atoms with Crippen molar-refractivity contribution >= 4 is 17.0 Å². The van der Waals surface area contributed by atoms with Gasteiger partial charge in [0.05, 0.1) is 17.4 Å². The van der Waals surface area contributed by atoms with Crippen LogP contribution in [0.1, 0.15) is 19.3 Å². The van der Waals surface area contributed by atoms with Crippen molar-refractivity contribution < 1.29 is 23.1 Å². The number of hydrogen-bond donors (Lipinski definition) is 2. The van der Waals surface area contributed by atoms with E-state index in [1.165, 1.54) is 18.4 Å². The minimum absolute atomic E-state index is 0.416. The van der Waals surface area contributed by atoms with E-state index in [1.54, 1.807) is 0 Å². The lowest BCUT2D eigenvalue weighted by molar-refractivity contribution is -0.192. The maximum absolute atomic E-state index is 10.6. The first-order valence-electron chi connectivity index (χ1n) is 7.23. The van der Waals surface area contributed by atoms with E-state index in [-0.39, 0.29) is 0 Å². The van der Waals surface area contributed by atoms with E-state index in [0.717, 1.165) is 24.4 Å². The molecule has 0 bridgehead atoms. The molecule has 0 radical (unpaired) electrons. The molecule has 1 aliphatic rings. The van der Waals surface area contributed by atoms with Gasteiger partial charge in [-0.25, -0.2) is 9.78 Å². The van der Waals surface area contributed by atoms with Gasteiger partial charge in [0.25, 0.3) is 0 Å². The molecule has 2 aromatic rings. The Labute approximate surface area is 130 Å². The van der Waals surface area contributed by atoms with Crippen LogP contribution in [0.25, 0.3) is 11.0 Å². The van der Waals surface area contributed by atoms with Gasteiger partial charge in [0.1, 0.15) is 0 Å². The van der Waals surface area contributed by atoms with E-state index in [0.29, 0.717) is 6.04 Å². The zero-order valence-electron chi connectivity index (χ0n) is 12.3. The number of alkyl halides is 3. The SMILES string of the molecule is N[C@@H]1CC[C@H](Cn2cnc3ccccc32)C1.O=C(O)C(F)(F)F. The summed E-state index contributed by atoms with van der Waals surface area (Å²) in [7, 11) is 0. The lowest BCUT2D eigenvalue weighted by Gasteiger charge is -2.11. The van der Waals surface area contributed by atoms with Crippen molar-refractivity contribution in [2.45, 2.75) is 38.0 Å². The van der Waals surface area contributed by atoms with Gasteiger partial charge in [0.2, 0.25) is 0 Å². The van der Waals surface area contributed by atoms with Gasteiger partial charge in [-0.15, -0.1) is 0 Å². The molecule has 3 rings (SSSR count). The molecule has 3 N–H and O–H groups in total. The summed E-state index contributed by atoms with van der Waals surface area (Å²) in [4.78, 5) is 13.3. The summed E-state index contributed by atoms with van der Waals surface area (Å²) in [5, 5.41) is 7.12. The zero-order valence-corrected chi connectivity index (χ0v) is 12.3. The van der Waals surface area contributed by atoms with Crippen molar-refractivity contribution in [3.63, 3.8) is 0 Å². The number of para-hydroxylation sites is 2. The van der Waals surface area contributed by atoms with E-state index >= 15 is 0 Å². The molecule has 2 atom stereocenters. The van der Waals surface area contributed by atoms with Crippen LogP contribution >= 0.6 is 0 Å². The fraction of sp³-hybridized carbons (Fsp3) is 0.467. The molecule has 1 aliphatic carbocycles. The van der Waals surface area contributed by atoms with Gasteiger partial charge in [-0.1, -0.05) is 12.1 Å². The van der Waals surface area contributed by atoms with Gasteiger partial charge >= 0.3 is 12.1 Å². The Balaban J connectivity index is 0.000000236. The molecule has 1 heterocycles. The number of nitrogens with two attached hydrogens (primary N) is 1. The average Bonchev–Trinajstić information content (AvgIpc) is 3.06. The van der Waals surface area contributed by atoms with Crippen LogP contribution in [-0.2, 0) is 11.3 Å². The number of halogens is 3. The number of fused-ring (bicyclic) bond motifs is 1. The Kier molecular flexibility index (Phi) is 5.25. The van der Waals surface area contributed by atoms with Crippen LogP contribution in [0, 0.1) is 5.92 Å². The highest BCUT2D eigenvalue weighted by Gasteiger charge is 2.38. The van der Waals surface area contributed by atoms with Crippen LogP contribution in [0.5, 0.6) is 0 Å². The third-order valence-corrected chi connectivity index (χ3v) is 3.81. The number of carboxylic acids is 1. The topological polar surface area (TPSA) is 81.1 Å². The fourth-order valence-corrected chi connectivity index (χ4v) is 2.71. The quantitative estimate of drug-likeness (QED) is 0.888. The minimum Gasteiger partial charge on any atom is -0.475 e. The van der Waals surface area contributed by atoms with Crippen LogP contribution in [-0.4, -0.2) is 32.8 Å². The van der Waals surface area contributed by atoms with Gasteiger partial charge in [-0.2, -0.15) is 13.2 Å². The van der Waals surface area contributed by atoms with E-state index in [1.807, 2.05) is 12.4 Å². The number of carbonyl (C=O) groups is 1. The minimum atomic E-state index is -5.08.